The zero-order chi connectivity index (χ0) is 12.3. The number of ether oxygens (including phenoxy) is 1. The third kappa shape index (κ3) is 2.81. The molecule has 0 aromatic carbocycles. The second-order valence-electron chi connectivity index (χ2n) is 4.19. The minimum Gasteiger partial charge on any atom is -0.364 e. The molecule has 0 bridgehead atoms. The Morgan fingerprint density at radius 3 is 3.12 bits per heavy atom. The molecule has 17 heavy (non-hydrogen) atoms. The van der Waals surface area contributed by atoms with Crippen LogP contribution in [0, 0.1) is 6.92 Å². The van der Waals surface area contributed by atoms with Gasteiger partial charge in [-0.1, -0.05) is 0 Å². The Morgan fingerprint density at radius 1 is 1.65 bits per heavy atom. The van der Waals surface area contributed by atoms with Crippen LogP contribution < -0.4 is 11.1 Å². The molecule has 2 atom stereocenters. The summed E-state index contributed by atoms with van der Waals surface area (Å²) in [5, 5.41) is 2.83. The number of nitrogens with one attached hydrogen (secondary N) is 1. The van der Waals surface area contributed by atoms with E-state index in [1.165, 1.54) is 0 Å². The van der Waals surface area contributed by atoms with Gasteiger partial charge in [-0.25, -0.2) is 0 Å². The SMILES string of the molecule is Cc1ncccc1NC(=O)C1CCC(CN)O1. The molecule has 0 aliphatic carbocycles. The molecular weight excluding hydrogens is 218 g/mol. The van der Waals surface area contributed by atoms with Crippen LogP contribution in [0.4, 0.5) is 5.69 Å². The molecule has 5 heteroatoms. The van der Waals surface area contributed by atoms with Crippen molar-refractivity contribution in [3.8, 4) is 0 Å². The summed E-state index contributed by atoms with van der Waals surface area (Å²) in [4.78, 5) is 16.0. The fraction of sp³-hybridized carbons (Fsp3) is 0.500. The predicted octanol–water partition coefficient (Wildman–Crippen LogP) is 0.835. The van der Waals surface area contributed by atoms with Crippen LogP contribution in [-0.2, 0) is 9.53 Å². The number of hydrogen-bond acceptors (Lipinski definition) is 4. The van der Waals surface area contributed by atoms with Gasteiger partial charge in [0.1, 0.15) is 6.10 Å². The molecular formula is C12H17N3O2. The molecule has 2 rings (SSSR count). The molecule has 1 fully saturated rings. The third-order valence-corrected chi connectivity index (χ3v) is 2.93. The van der Waals surface area contributed by atoms with Gasteiger partial charge in [-0.05, 0) is 31.9 Å². The molecule has 1 aromatic heterocycles. The summed E-state index contributed by atoms with van der Waals surface area (Å²) in [6.07, 6.45) is 2.90. The Balaban J connectivity index is 1.96. The summed E-state index contributed by atoms with van der Waals surface area (Å²) in [7, 11) is 0. The smallest absolute Gasteiger partial charge is 0.253 e. The van der Waals surface area contributed by atoms with Crippen molar-refractivity contribution in [2.75, 3.05) is 11.9 Å². The van der Waals surface area contributed by atoms with Gasteiger partial charge in [0.05, 0.1) is 17.5 Å². The van der Waals surface area contributed by atoms with Crippen LogP contribution in [0.25, 0.3) is 0 Å². The topological polar surface area (TPSA) is 77.2 Å². The molecule has 5 nitrogen and oxygen atoms in total. The maximum absolute atomic E-state index is 11.9. The number of pyridine rings is 1. The second kappa shape index (κ2) is 5.25. The van der Waals surface area contributed by atoms with Crippen molar-refractivity contribution in [2.24, 2.45) is 5.73 Å². The maximum Gasteiger partial charge on any atom is 0.253 e. The van der Waals surface area contributed by atoms with Gasteiger partial charge >= 0.3 is 0 Å². The molecule has 0 saturated carbocycles. The van der Waals surface area contributed by atoms with E-state index >= 15 is 0 Å². The monoisotopic (exact) mass is 235 g/mol. The van der Waals surface area contributed by atoms with E-state index in [0.29, 0.717) is 6.54 Å². The summed E-state index contributed by atoms with van der Waals surface area (Å²) >= 11 is 0. The van der Waals surface area contributed by atoms with E-state index in [9.17, 15) is 4.79 Å². The van der Waals surface area contributed by atoms with Gasteiger partial charge in [-0.2, -0.15) is 0 Å². The first-order valence-corrected chi connectivity index (χ1v) is 5.78. The molecule has 2 heterocycles. The quantitative estimate of drug-likeness (QED) is 0.813. The number of aromatic nitrogens is 1. The Morgan fingerprint density at radius 2 is 2.47 bits per heavy atom. The summed E-state index contributed by atoms with van der Waals surface area (Å²) < 4.78 is 5.53. The lowest BCUT2D eigenvalue weighted by Gasteiger charge is -2.13. The van der Waals surface area contributed by atoms with Crippen LogP contribution in [0.15, 0.2) is 18.3 Å². The van der Waals surface area contributed by atoms with Crippen LogP contribution in [-0.4, -0.2) is 29.6 Å². The minimum absolute atomic E-state index is 0.0146. The average Bonchev–Trinajstić information content (AvgIpc) is 2.81. The summed E-state index contributed by atoms with van der Waals surface area (Å²) in [5.41, 5.74) is 7.04. The fourth-order valence-corrected chi connectivity index (χ4v) is 1.90. The first-order chi connectivity index (χ1) is 8.20. The molecule has 1 amide bonds. The first kappa shape index (κ1) is 12.0. The van der Waals surface area contributed by atoms with Crippen LogP contribution in [0.1, 0.15) is 18.5 Å². The lowest BCUT2D eigenvalue weighted by atomic mass is 10.2. The van der Waals surface area contributed by atoms with Crippen LogP contribution in [0.3, 0.4) is 0 Å². The van der Waals surface area contributed by atoms with E-state index in [2.05, 4.69) is 10.3 Å². The van der Waals surface area contributed by atoms with Gasteiger partial charge in [0.15, 0.2) is 0 Å². The normalized spacial score (nSPS) is 23.6. The van der Waals surface area contributed by atoms with Gasteiger partial charge in [0, 0.05) is 12.7 Å². The summed E-state index contributed by atoms with van der Waals surface area (Å²) in [6.45, 7) is 2.32. The molecule has 0 spiro atoms. The highest BCUT2D eigenvalue weighted by molar-refractivity contribution is 5.94. The number of nitrogens with zero attached hydrogens (tertiary/aromatic N) is 1. The highest BCUT2D eigenvalue weighted by Gasteiger charge is 2.29. The van der Waals surface area contributed by atoms with Gasteiger partial charge < -0.3 is 15.8 Å². The van der Waals surface area contributed by atoms with Gasteiger partial charge in [-0.3, -0.25) is 9.78 Å². The number of carbonyl (C=O) groups is 1. The minimum atomic E-state index is -0.386. The Labute approximate surface area is 100 Å². The molecule has 2 unspecified atom stereocenters. The van der Waals surface area contributed by atoms with Crippen LogP contribution in [0.2, 0.25) is 0 Å². The number of nitrogens with two attached hydrogens (primary N) is 1. The maximum atomic E-state index is 11.9. The molecule has 1 aliphatic rings. The largest absolute Gasteiger partial charge is 0.364 e. The van der Waals surface area contributed by atoms with Crippen molar-refractivity contribution in [1.29, 1.82) is 0 Å². The van der Waals surface area contributed by atoms with E-state index in [-0.39, 0.29) is 18.1 Å². The van der Waals surface area contributed by atoms with Gasteiger partial charge in [0.25, 0.3) is 5.91 Å². The molecule has 0 radical (unpaired) electrons. The first-order valence-electron chi connectivity index (χ1n) is 5.78. The second-order valence-corrected chi connectivity index (χ2v) is 4.19. The van der Waals surface area contributed by atoms with Crippen molar-refractivity contribution < 1.29 is 9.53 Å². The zero-order valence-corrected chi connectivity index (χ0v) is 9.85. The van der Waals surface area contributed by atoms with Crippen molar-refractivity contribution in [1.82, 2.24) is 4.98 Å². The highest BCUT2D eigenvalue weighted by Crippen LogP contribution is 2.21. The van der Waals surface area contributed by atoms with E-state index in [1.807, 2.05) is 13.0 Å². The van der Waals surface area contributed by atoms with Crippen molar-refractivity contribution in [3.63, 3.8) is 0 Å². The number of anilines is 1. The Bertz CT molecular complexity index is 408. The van der Waals surface area contributed by atoms with Crippen molar-refractivity contribution in [2.45, 2.75) is 32.0 Å². The summed E-state index contributed by atoms with van der Waals surface area (Å²) in [5.74, 6) is -0.114. The molecule has 1 aromatic rings. The van der Waals surface area contributed by atoms with Crippen LogP contribution >= 0.6 is 0 Å². The van der Waals surface area contributed by atoms with Gasteiger partial charge in [0.2, 0.25) is 0 Å². The molecule has 1 saturated heterocycles. The number of amides is 1. The van der Waals surface area contributed by atoms with E-state index < -0.39 is 0 Å². The van der Waals surface area contributed by atoms with E-state index in [0.717, 1.165) is 24.2 Å². The van der Waals surface area contributed by atoms with E-state index in [1.54, 1.807) is 12.3 Å². The van der Waals surface area contributed by atoms with Crippen LogP contribution in [0.5, 0.6) is 0 Å². The summed E-state index contributed by atoms with van der Waals surface area (Å²) in [6, 6.07) is 3.62. The molecule has 1 aliphatic heterocycles. The Kier molecular flexibility index (Phi) is 3.71. The lowest BCUT2D eigenvalue weighted by Crippen LogP contribution is -2.30. The van der Waals surface area contributed by atoms with Crippen molar-refractivity contribution in [3.05, 3.63) is 24.0 Å². The number of hydrogen-bond donors (Lipinski definition) is 2. The predicted molar refractivity (Wildman–Crippen MR) is 64.6 cm³/mol. The average molecular weight is 235 g/mol. The zero-order valence-electron chi connectivity index (χ0n) is 9.85. The standard InChI is InChI=1S/C12H17N3O2/c1-8-10(3-2-6-14-8)15-12(16)11-5-4-9(7-13)17-11/h2-3,6,9,11H,4-5,7,13H2,1H3,(H,15,16). The van der Waals surface area contributed by atoms with Crippen molar-refractivity contribution >= 4 is 11.6 Å². The number of carbonyl (C=O) groups excluding carboxylic acids is 1. The molecule has 92 valence electrons. The molecule has 3 N–H and O–H groups in total. The van der Waals surface area contributed by atoms with E-state index in [4.69, 9.17) is 10.5 Å². The fourth-order valence-electron chi connectivity index (χ4n) is 1.90. The highest BCUT2D eigenvalue weighted by atomic mass is 16.5. The van der Waals surface area contributed by atoms with Gasteiger partial charge in [-0.15, -0.1) is 0 Å². The number of aryl methyl sites for hydroxylation is 1. The third-order valence-electron chi connectivity index (χ3n) is 2.93. The number of rotatable bonds is 3. The lowest BCUT2D eigenvalue weighted by molar-refractivity contribution is -0.126. The Hall–Kier alpha value is -1.46.